The Morgan fingerprint density at radius 3 is 2.16 bits per heavy atom. The molecule has 1 saturated carbocycles. The number of nitrogens with zero attached hydrogens (tertiary/aromatic N) is 1. The summed E-state index contributed by atoms with van der Waals surface area (Å²) in [5.74, 6) is -2.59. The fourth-order valence-electron chi connectivity index (χ4n) is 2.76. The Balaban J connectivity index is 2.87. The van der Waals surface area contributed by atoms with Gasteiger partial charge in [0, 0.05) is 7.05 Å². The predicted molar refractivity (Wildman–Crippen MR) is 71.6 cm³/mol. The third kappa shape index (κ3) is 3.69. The minimum atomic E-state index is -1.10. The van der Waals surface area contributed by atoms with Crippen LogP contribution in [0.1, 0.15) is 46.5 Å². The molecule has 110 valence electrons. The lowest BCUT2D eigenvalue weighted by atomic mass is 9.79. The first-order valence-corrected chi connectivity index (χ1v) is 6.83. The summed E-state index contributed by atoms with van der Waals surface area (Å²) in [6, 6.07) is -0.259. The van der Waals surface area contributed by atoms with Crippen LogP contribution in [-0.4, -0.2) is 46.2 Å². The third-order valence-electron chi connectivity index (χ3n) is 3.90. The fourth-order valence-corrected chi connectivity index (χ4v) is 2.76. The largest absolute Gasteiger partial charge is 0.481 e. The first-order valence-electron chi connectivity index (χ1n) is 6.83. The monoisotopic (exact) mass is 271 g/mol. The lowest BCUT2D eigenvalue weighted by Crippen LogP contribution is -2.52. The van der Waals surface area contributed by atoms with Crippen molar-refractivity contribution in [3.8, 4) is 0 Å². The van der Waals surface area contributed by atoms with Gasteiger partial charge < -0.3 is 15.1 Å². The molecule has 0 aromatic rings. The van der Waals surface area contributed by atoms with E-state index < -0.39 is 29.3 Å². The number of aliphatic hydroxyl groups excluding tert-OH is 1. The summed E-state index contributed by atoms with van der Waals surface area (Å²) < 4.78 is 0. The van der Waals surface area contributed by atoms with Gasteiger partial charge in [-0.05, 0) is 18.3 Å². The number of aliphatic hydroxyl groups is 1. The minimum absolute atomic E-state index is 0.259. The number of rotatable bonds is 3. The van der Waals surface area contributed by atoms with Crippen LogP contribution in [0.15, 0.2) is 0 Å². The van der Waals surface area contributed by atoms with Crippen molar-refractivity contribution in [2.24, 2.45) is 11.3 Å². The van der Waals surface area contributed by atoms with E-state index >= 15 is 0 Å². The van der Waals surface area contributed by atoms with E-state index in [1.165, 1.54) is 4.90 Å². The van der Waals surface area contributed by atoms with Gasteiger partial charge >= 0.3 is 5.97 Å². The van der Waals surface area contributed by atoms with Gasteiger partial charge in [0.15, 0.2) is 0 Å². The summed E-state index contributed by atoms with van der Waals surface area (Å²) in [5.41, 5.74) is -0.642. The van der Waals surface area contributed by atoms with Crippen molar-refractivity contribution < 1.29 is 19.8 Å². The number of hydrogen-bond donors (Lipinski definition) is 2. The van der Waals surface area contributed by atoms with Crippen LogP contribution < -0.4 is 0 Å². The molecule has 0 aromatic carbocycles. The molecule has 0 bridgehead atoms. The average Bonchev–Trinajstić information content (AvgIpc) is 2.26. The molecule has 1 aliphatic rings. The standard InChI is InChI=1S/C14H25NO4/c1-14(2,3)11(13(18)19)12(17)15(4)9-7-5-6-8-10(9)16/h9-11,16H,5-8H2,1-4H3,(H,18,19). The zero-order valence-electron chi connectivity index (χ0n) is 12.2. The van der Waals surface area contributed by atoms with Gasteiger partial charge in [0.05, 0.1) is 12.1 Å². The second-order valence-electron chi connectivity index (χ2n) is 6.51. The number of carboxylic acids is 1. The summed E-state index contributed by atoms with van der Waals surface area (Å²) in [6.45, 7) is 5.23. The highest BCUT2D eigenvalue weighted by molar-refractivity contribution is 5.97. The molecule has 0 radical (unpaired) electrons. The first kappa shape index (κ1) is 16.0. The van der Waals surface area contributed by atoms with Gasteiger partial charge in [-0.3, -0.25) is 9.59 Å². The molecule has 1 amide bonds. The molecule has 0 saturated heterocycles. The third-order valence-corrected chi connectivity index (χ3v) is 3.90. The van der Waals surface area contributed by atoms with Gasteiger partial charge in [0.2, 0.25) is 5.91 Å². The second kappa shape index (κ2) is 5.90. The SMILES string of the molecule is CN(C(=O)C(C(=O)O)C(C)(C)C)C1CCCCC1O. The number of carbonyl (C=O) groups is 2. The van der Waals surface area contributed by atoms with Crippen LogP contribution in [0.3, 0.4) is 0 Å². The number of hydrogen-bond acceptors (Lipinski definition) is 3. The highest BCUT2D eigenvalue weighted by Gasteiger charge is 2.42. The molecule has 0 heterocycles. The predicted octanol–water partition coefficient (Wildman–Crippen LogP) is 1.50. The minimum Gasteiger partial charge on any atom is -0.481 e. The van der Waals surface area contributed by atoms with Crippen molar-refractivity contribution in [2.45, 2.75) is 58.6 Å². The summed E-state index contributed by atoms with van der Waals surface area (Å²) in [6.07, 6.45) is 2.79. The molecule has 1 rings (SSSR count). The van der Waals surface area contributed by atoms with Crippen molar-refractivity contribution >= 4 is 11.9 Å². The Bertz CT molecular complexity index is 348. The van der Waals surface area contributed by atoms with Gasteiger partial charge in [0.1, 0.15) is 5.92 Å². The second-order valence-corrected chi connectivity index (χ2v) is 6.51. The van der Waals surface area contributed by atoms with Gasteiger partial charge in [0.25, 0.3) is 0 Å². The molecule has 1 fully saturated rings. The van der Waals surface area contributed by atoms with Crippen LogP contribution >= 0.6 is 0 Å². The van der Waals surface area contributed by atoms with Crippen LogP contribution in [0.5, 0.6) is 0 Å². The molecule has 5 heteroatoms. The van der Waals surface area contributed by atoms with Crippen LogP contribution in [0.4, 0.5) is 0 Å². The summed E-state index contributed by atoms with van der Waals surface area (Å²) in [4.78, 5) is 25.2. The Kier molecular flexibility index (Phi) is 4.96. The topological polar surface area (TPSA) is 77.8 Å². The Hall–Kier alpha value is -1.10. The van der Waals surface area contributed by atoms with E-state index in [-0.39, 0.29) is 6.04 Å². The maximum absolute atomic E-state index is 12.4. The first-order chi connectivity index (χ1) is 8.66. The number of likely N-dealkylation sites (N-methyl/N-ethyl adjacent to an activating group) is 1. The summed E-state index contributed by atoms with van der Waals surface area (Å²) in [5, 5.41) is 19.3. The van der Waals surface area contributed by atoms with E-state index in [2.05, 4.69) is 0 Å². The van der Waals surface area contributed by atoms with E-state index in [9.17, 15) is 19.8 Å². The van der Waals surface area contributed by atoms with Crippen molar-refractivity contribution in [3.63, 3.8) is 0 Å². The summed E-state index contributed by atoms with van der Waals surface area (Å²) in [7, 11) is 1.60. The molecule has 0 aliphatic heterocycles. The molecular weight excluding hydrogens is 246 g/mol. The molecule has 5 nitrogen and oxygen atoms in total. The molecule has 0 spiro atoms. The molecule has 0 aromatic heterocycles. The van der Waals surface area contributed by atoms with Gasteiger partial charge in [-0.15, -0.1) is 0 Å². The molecular formula is C14H25NO4. The maximum atomic E-state index is 12.4. The number of aliphatic carboxylic acids is 1. The van der Waals surface area contributed by atoms with Gasteiger partial charge in [-0.1, -0.05) is 33.6 Å². The van der Waals surface area contributed by atoms with Crippen LogP contribution in [-0.2, 0) is 9.59 Å². The van der Waals surface area contributed by atoms with Gasteiger partial charge in [-0.2, -0.15) is 0 Å². The fraction of sp³-hybridized carbons (Fsp3) is 0.857. The van der Waals surface area contributed by atoms with Crippen molar-refractivity contribution in [1.29, 1.82) is 0 Å². The normalized spacial score (nSPS) is 25.7. The molecule has 1 aliphatic carbocycles. The van der Waals surface area contributed by atoms with E-state index in [0.717, 1.165) is 19.3 Å². The van der Waals surface area contributed by atoms with Crippen molar-refractivity contribution in [2.75, 3.05) is 7.05 Å². The molecule has 3 unspecified atom stereocenters. The van der Waals surface area contributed by atoms with E-state index in [1.807, 2.05) is 0 Å². The highest BCUT2D eigenvalue weighted by Crippen LogP contribution is 2.30. The quantitative estimate of drug-likeness (QED) is 0.762. The van der Waals surface area contributed by atoms with E-state index in [0.29, 0.717) is 6.42 Å². The van der Waals surface area contributed by atoms with E-state index in [1.54, 1.807) is 27.8 Å². The van der Waals surface area contributed by atoms with Crippen LogP contribution in [0, 0.1) is 11.3 Å². The maximum Gasteiger partial charge on any atom is 0.316 e. The number of carbonyl (C=O) groups excluding carboxylic acids is 1. The van der Waals surface area contributed by atoms with Crippen LogP contribution in [0.2, 0.25) is 0 Å². The molecule has 3 atom stereocenters. The zero-order valence-corrected chi connectivity index (χ0v) is 12.2. The number of amides is 1. The smallest absolute Gasteiger partial charge is 0.316 e. The van der Waals surface area contributed by atoms with Crippen molar-refractivity contribution in [3.05, 3.63) is 0 Å². The number of carboxylic acid groups (broad SMARTS) is 1. The Labute approximate surface area is 114 Å². The van der Waals surface area contributed by atoms with Gasteiger partial charge in [-0.25, -0.2) is 0 Å². The van der Waals surface area contributed by atoms with E-state index in [4.69, 9.17) is 0 Å². The molecule has 2 N–H and O–H groups in total. The molecule has 19 heavy (non-hydrogen) atoms. The lowest BCUT2D eigenvalue weighted by Gasteiger charge is -2.38. The highest BCUT2D eigenvalue weighted by atomic mass is 16.4. The average molecular weight is 271 g/mol. The van der Waals surface area contributed by atoms with Crippen LogP contribution in [0.25, 0.3) is 0 Å². The Morgan fingerprint density at radius 1 is 1.21 bits per heavy atom. The zero-order chi connectivity index (χ0) is 14.8. The van der Waals surface area contributed by atoms with Crippen molar-refractivity contribution in [1.82, 2.24) is 4.90 Å². The lowest BCUT2D eigenvalue weighted by molar-refractivity contribution is -0.158. The summed E-state index contributed by atoms with van der Waals surface area (Å²) >= 11 is 0. The Morgan fingerprint density at radius 2 is 1.74 bits per heavy atom.